The van der Waals surface area contributed by atoms with E-state index in [1.54, 1.807) is 0 Å². The molecule has 0 radical (unpaired) electrons. The van der Waals surface area contributed by atoms with Crippen LogP contribution in [0.3, 0.4) is 0 Å². The molecule has 2 aromatic carbocycles. The maximum absolute atomic E-state index is 3.68. The van der Waals surface area contributed by atoms with Crippen LogP contribution in [0.25, 0.3) is 0 Å². The van der Waals surface area contributed by atoms with Crippen LogP contribution in [-0.2, 0) is 6.42 Å². The second-order valence-electron chi connectivity index (χ2n) is 5.37. The Labute approximate surface area is 109 Å². The molecule has 1 heterocycles. The second-order valence-corrected chi connectivity index (χ2v) is 5.37. The number of fused-ring (bicyclic) bond motifs is 1. The predicted octanol–water partition coefficient (Wildman–Crippen LogP) is 4.34. The van der Waals surface area contributed by atoms with Crippen molar-refractivity contribution in [2.75, 3.05) is 5.32 Å². The normalized spacial score (nSPS) is 22.1. The van der Waals surface area contributed by atoms with Crippen molar-refractivity contribution in [1.29, 1.82) is 0 Å². The van der Waals surface area contributed by atoms with Gasteiger partial charge in [0.1, 0.15) is 0 Å². The molecule has 0 bridgehead atoms. The van der Waals surface area contributed by atoms with Gasteiger partial charge in [0, 0.05) is 5.69 Å². The van der Waals surface area contributed by atoms with Gasteiger partial charge in [-0.15, -0.1) is 0 Å². The molecular weight excluding hydrogens is 218 g/mol. The number of benzene rings is 2. The van der Waals surface area contributed by atoms with E-state index in [1.807, 2.05) is 0 Å². The van der Waals surface area contributed by atoms with Crippen LogP contribution >= 0.6 is 0 Å². The van der Waals surface area contributed by atoms with E-state index in [0.717, 1.165) is 6.42 Å². The molecule has 0 saturated heterocycles. The molecule has 2 aromatic rings. The van der Waals surface area contributed by atoms with E-state index >= 15 is 0 Å². The average Bonchev–Trinajstić information content (AvgIpc) is 2.39. The summed E-state index contributed by atoms with van der Waals surface area (Å²) in [5.41, 5.74) is 5.44. The topological polar surface area (TPSA) is 12.0 Å². The fraction of sp³-hybridized carbons (Fsp3) is 0.294. The Hall–Kier alpha value is -1.76. The first-order valence-electron chi connectivity index (χ1n) is 6.65. The van der Waals surface area contributed by atoms with Crippen molar-refractivity contribution >= 4 is 5.69 Å². The summed E-state index contributed by atoms with van der Waals surface area (Å²) in [6.45, 7) is 4.46. The van der Waals surface area contributed by atoms with Crippen molar-refractivity contribution in [3.05, 3.63) is 65.2 Å². The second kappa shape index (κ2) is 4.49. The maximum atomic E-state index is 3.68. The summed E-state index contributed by atoms with van der Waals surface area (Å²) < 4.78 is 0. The smallest absolute Gasteiger partial charge is 0.0542 e. The van der Waals surface area contributed by atoms with Crippen LogP contribution in [0, 0.1) is 12.8 Å². The number of aryl methyl sites for hydroxylation is 1. The molecule has 1 aliphatic rings. The maximum Gasteiger partial charge on any atom is 0.0542 e. The quantitative estimate of drug-likeness (QED) is 0.778. The van der Waals surface area contributed by atoms with Gasteiger partial charge in [0.25, 0.3) is 0 Å². The lowest BCUT2D eigenvalue weighted by molar-refractivity contribution is 0.479. The van der Waals surface area contributed by atoms with Crippen molar-refractivity contribution in [1.82, 2.24) is 0 Å². The molecule has 0 spiro atoms. The summed E-state index contributed by atoms with van der Waals surface area (Å²) in [6.07, 6.45) is 1.15. The lowest BCUT2D eigenvalue weighted by atomic mass is 9.85. The van der Waals surface area contributed by atoms with E-state index < -0.39 is 0 Å². The average molecular weight is 237 g/mol. The van der Waals surface area contributed by atoms with E-state index in [4.69, 9.17) is 0 Å². The Morgan fingerprint density at radius 2 is 1.72 bits per heavy atom. The van der Waals surface area contributed by atoms with Crippen LogP contribution < -0.4 is 5.32 Å². The fourth-order valence-corrected chi connectivity index (χ4v) is 2.80. The number of hydrogen-bond donors (Lipinski definition) is 1. The third-order valence-electron chi connectivity index (χ3n) is 3.88. The molecular formula is C17H19N. The first-order valence-corrected chi connectivity index (χ1v) is 6.65. The zero-order valence-corrected chi connectivity index (χ0v) is 11.0. The first-order chi connectivity index (χ1) is 8.74. The van der Waals surface area contributed by atoms with Gasteiger partial charge in [-0.3, -0.25) is 0 Å². The Morgan fingerprint density at radius 1 is 1.00 bits per heavy atom. The molecule has 0 saturated carbocycles. The fourth-order valence-electron chi connectivity index (χ4n) is 2.80. The van der Waals surface area contributed by atoms with Crippen molar-refractivity contribution < 1.29 is 0 Å². The van der Waals surface area contributed by atoms with Crippen LogP contribution in [0.15, 0.2) is 48.5 Å². The number of rotatable bonds is 1. The minimum atomic E-state index is 0.431. The monoisotopic (exact) mass is 237 g/mol. The molecule has 3 rings (SSSR count). The van der Waals surface area contributed by atoms with Gasteiger partial charge in [0.05, 0.1) is 6.04 Å². The molecule has 2 atom stereocenters. The van der Waals surface area contributed by atoms with Crippen LogP contribution in [0.5, 0.6) is 0 Å². The highest BCUT2D eigenvalue weighted by Gasteiger charge is 2.25. The molecule has 0 aliphatic carbocycles. The van der Waals surface area contributed by atoms with Gasteiger partial charge in [0.2, 0.25) is 0 Å². The molecule has 2 unspecified atom stereocenters. The molecule has 92 valence electrons. The molecule has 1 N–H and O–H groups in total. The van der Waals surface area contributed by atoms with Gasteiger partial charge in [-0.2, -0.15) is 0 Å². The van der Waals surface area contributed by atoms with Crippen molar-refractivity contribution in [3.63, 3.8) is 0 Å². The van der Waals surface area contributed by atoms with Crippen molar-refractivity contribution in [2.45, 2.75) is 26.3 Å². The summed E-state index contributed by atoms with van der Waals surface area (Å²) in [6, 6.07) is 18.0. The highest BCUT2D eigenvalue weighted by atomic mass is 14.9. The molecule has 0 aromatic heterocycles. The minimum Gasteiger partial charge on any atom is -0.378 e. The number of nitrogens with one attached hydrogen (secondary N) is 1. The van der Waals surface area contributed by atoms with Gasteiger partial charge < -0.3 is 5.32 Å². The van der Waals surface area contributed by atoms with Crippen LogP contribution in [-0.4, -0.2) is 0 Å². The Balaban J connectivity index is 1.93. The molecule has 1 aliphatic heterocycles. The number of para-hydroxylation sites is 1. The van der Waals surface area contributed by atoms with Crippen LogP contribution in [0.2, 0.25) is 0 Å². The van der Waals surface area contributed by atoms with Gasteiger partial charge in [-0.1, -0.05) is 55.0 Å². The Bertz CT molecular complexity index is 542. The summed E-state index contributed by atoms with van der Waals surface area (Å²) in [5, 5.41) is 3.68. The molecule has 1 heteroatoms. The minimum absolute atomic E-state index is 0.431. The lowest BCUT2D eigenvalue weighted by Gasteiger charge is -2.33. The number of anilines is 1. The third kappa shape index (κ3) is 2.01. The molecule has 1 nitrogen and oxygen atoms in total. The van der Waals surface area contributed by atoms with E-state index in [9.17, 15) is 0 Å². The Kier molecular flexibility index (Phi) is 2.83. The SMILES string of the molecule is Cc1ccc(C2Nc3ccccc3CC2C)cc1. The van der Waals surface area contributed by atoms with E-state index in [-0.39, 0.29) is 0 Å². The van der Waals surface area contributed by atoms with Gasteiger partial charge in [0.15, 0.2) is 0 Å². The van der Waals surface area contributed by atoms with Gasteiger partial charge in [-0.25, -0.2) is 0 Å². The molecule has 0 fully saturated rings. The van der Waals surface area contributed by atoms with E-state index in [2.05, 4.69) is 67.7 Å². The number of hydrogen-bond acceptors (Lipinski definition) is 1. The lowest BCUT2D eigenvalue weighted by Crippen LogP contribution is -2.25. The highest BCUT2D eigenvalue weighted by Crippen LogP contribution is 2.36. The standard InChI is InChI=1S/C17H19N/c1-12-7-9-14(10-8-12)17-13(2)11-15-5-3-4-6-16(15)18-17/h3-10,13,17-18H,11H2,1-2H3. The zero-order valence-electron chi connectivity index (χ0n) is 11.0. The van der Waals surface area contributed by atoms with Gasteiger partial charge >= 0.3 is 0 Å². The first kappa shape index (κ1) is 11.3. The third-order valence-corrected chi connectivity index (χ3v) is 3.88. The summed E-state index contributed by atoms with van der Waals surface area (Å²) in [7, 11) is 0. The highest BCUT2D eigenvalue weighted by molar-refractivity contribution is 5.55. The molecule has 0 amide bonds. The largest absolute Gasteiger partial charge is 0.378 e. The molecule has 18 heavy (non-hydrogen) atoms. The van der Waals surface area contributed by atoms with Crippen LogP contribution in [0.1, 0.15) is 29.7 Å². The van der Waals surface area contributed by atoms with Gasteiger partial charge in [-0.05, 0) is 36.5 Å². The van der Waals surface area contributed by atoms with E-state index in [1.165, 1.54) is 22.4 Å². The van der Waals surface area contributed by atoms with Crippen molar-refractivity contribution in [3.8, 4) is 0 Å². The zero-order chi connectivity index (χ0) is 12.5. The van der Waals surface area contributed by atoms with E-state index in [0.29, 0.717) is 12.0 Å². The van der Waals surface area contributed by atoms with Crippen LogP contribution in [0.4, 0.5) is 5.69 Å². The Morgan fingerprint density at radius 3 is 2.50 bits per heavy atom. The summed E-state index contributed by atoms with van der Waals surface area (Å²) in [4.78, 5) is 0. The summed E-state index contributed by atoms with van der Waals surface area (Å²) in [5.74, 6) is 0.627. The van der Waals surface area contributed by atoms with Crippen molar-refractivity contribution in [2.24, 2.45) is 5.92 Å². The summed E-state index contributed by atoms with van der Waals surface area (Å²) >= 11 is 0. The predicted molar refractivity (Wildman–Crippen MR) is 76.9 cm³/mol.